The minimum atomic E-state index is -0.308. The largest absolute Gasteiger partial charge is 0.468 e. The Balaban J connectivity index is 1.61. The van der Waals surface area contributed by atoms with E-state index in [0.717, 1.165) is 37.9 Å². The first-order valence-electron chi connectivity index (χ1n) is 10.1. The van der Waals surface area contributed by atoms with Crippen molar-refractivity contribution in [3.8, 4) is 34.0 Å². The average Bonchev–Trinajstić information content (AvgIpc) is 3.30. The molecule has 0 bridgehead atoms. The van der Waals surface area contributed by atoms with Crippen LogP contribution in [0.4, 0.5) is 0 Å². The van der Waals surface area contributed by atoms with E-state index in [0.29, 0.717) is 18.3 Å². The lowest BCUT2D eigenvalue weighted by Gasteiger charge is -2.09. The zero-order valence-electron chi connectivity index (χ0n) is 17.8. The molecule has 0 aliphatic carbocycles. The van der Waals surface area contributed by atoms with Crippen LogP contribution < -0.4 is 5.32 Å². The molecular weight excluding hydrogens is 470 g/mol. The Morgan fingerprint density at radius 3 is 2.44 bits per heavy atom. The Bertz CT molecular complexity index is 1240. The van der Waals surface area contributed by atoms with E-state index in [4.69, 9.17) is 4.42 Å². The summed E-state index contributed by atoms with van der Waals surface area (Å²) >= 11 is 3.57. The molecule has 0 saturated heterocycles. The van der Waals surface area contributed by atoms with Crippen LogP contribution in [0.25, 0.3) is 34.0 Å². The number of rotatable bonds is 7. The normalized spacial score (nSPS) is 10.8. The molecule has 32 heavy (non-hydrogen) atoms. The third-order valence-corrected chi connectivity index (χ3v) is 5.85. The molecule has 0 fully saturated rings. The molecule has 1 N–H and O–H groups in total. The molecule has 6 nitrogen and oxygen atoms in total. The van der Waals surface area contributed by atoms with Gasteiger partial charge in [0.15, 0.2) is 0 Å². The van der Waals surface area contributed by atoms with Gasteiger partial charge >= 0.3 is 5.97 Å². The van der Waals surface area contributed by atoms with Gasteiger partial charge in [0.2, 0.25) is 11.8 Å². The number of hydrogen-bond acceptors (Lipinski definition) is 6. The number of esters is 1. The van der Waals surface area contributed by atoms with Gasteiger partial charge in [0.05, 0.1) is 19.2 Å². The number of carbonyl (C=O) groups excluding carboxylic acids is 1. The van der Waals surface area contributed by atoms with E-state index < -0.39 is 0 Å². The summed E-state index contributed by atoms with van der Waals surface area (Å²) in [6, 6.07) is 22.1. The molecule has 0 unspecified atom stereocenters. The second-order valence-electron chi connectivity index (χ2n) is 7.25. The highest BCUT2D eigenvalue weighted by Gasteiger charge is 2.17. The van der Waals surface area contributed by atoms with Gasteiger partial charge in [0, 0.05) is 16.6 Å². The molecule has 4 aromatic rings. The van der Waals surface area contributed by atoms with Crippen molar-refractivity contribution in [2.24, 2.45) is 0 Å². The molecule has 1 aromatic heterocycles. The predicted octanol–water partition coefficient (Wildman–Crippen LogP) is 5.40. The van der Waals surface area contributed by atoms with Crippen molar-refractivity contribution >= 4 is 21.9 Å². The van der Waals surface area contributed by atoms with Crippen molar-refractivity contribution in [1.82, 2.24) is 15.5 Å². The molecule has 0 spiro atoms. The Morgan fingerprint density at radius 2 is 1.69 bits per heavy atom. The Labute approximate surface area is 194 Å². The van der Waals surface area contributed by atoms with E-state index in [2.05, 4.69) is 61.3 Å². The number of ether oxygens (including phenoxy) is 1. The molecule has 0 radical (unpaired) electrons. The van der Waals surface area contributed by atoms with Crippen LogP contribution >= 0.6 is 15.9 Å². The van der Waals surface area contributed by atoms with Gasteiger partial charge in [-0.3, -0.25) is 4.79 Å². The lowest BCUT2D eigenvalue weighted by molar-refractivity contribution is -0.139. The maximum atomic E-state index is 11.3. The summed E-state index contributed by atoms with van der Waals surface area (Å²) in [5.41, 5.74) is 6.02. The number of nitrogens with zero attached hydrogens (tertiary/aromatic N) is 2. The third-order valence-electron chi connectivity index (χ3n) is 5.16. The van der Waals surface area contributed by atoms with E-state index in [1.165, 1.54) is 7.11 Å². The fraction of sp³-hybridized carbons (Fsp3) is 0.160. The second-order valence-corrected chi connectivity index (χ2v) is 8.10. The lowest BCUT2D eigenvalue weighted by Crippen LogP contribution is -2.23. The van der Waals surface area contributed by atoms with Crippen molar-refractivity contribution in [3.63, 3.8) is 0 Å². The maximum absolute atomic E-state index is 11.3. The molecule has 0 aliphatic heterocycles. The van der Waals surface area contributed by atoms with Gasteiger partial charge < -0.3 is 14.5 Å². The maximum Gasteiger partial charge on any atom is 0.319 e. The van der Waals surface area contributed by atoms with Crippen LogP contribution in [0.1, 0.15) is 11.1 Å². The summed E-state index contributed by atoms with van der Waals surface area (Å²) in [7, 11) is 1.37. The van der Waals surface area contributed by atoms with Crippen molar-refractivity contribution in [3.05, 3.63) is 82.3 Å². The van der Waals surface area contributed by atoms with Gasteiger partial charge in [-0.2, -0.15) is 0 Å². The quantitative estimate of drug-likeness (QED) is 0.348. The van der Waals surface area contributed by atoms with Crippen LogP contribution in [-0.4, -0.2) is 29.8 Å². The number of nitrogens with one attached hydrogen (secondary N) is 1. The average molecular weight is 492 g/mol. The highest BCUT2D eigenvalue weighted by Crippen LogP contribution is 2.34. The van der Waals surface area contributed by atoms with Gasteiger partial charge in [0.25, 0.3) is 0 Å². The van der Waals surface area contributed by atoms with Crippen LogP contribution in [0.15, 0.2) is 75.6 Å². The van der Waals surface area contributed by atoms with E-state index in [-0.39, 0.29) is 12.5 Å². The first-order chi connectivity index (χ1) is 15.6. The molecule has 3 aromatic carbocycles. The summed E-state index contributed by atoms with van der Waals surface area (Å²) in [5.74, 6) is 0.583. The number of halogens is 1. The van der Waals surface area contributed by atoms with Crippen LogP contribution in [0.3, 0.4) is 0 Å². The monoisotopic (exact) mass is 491 g/mol. The van der Waals surface area contributed by atoms with Gasteiger partial charge in [-0.05, 0) is 63.3 Å². The van der Waals surface area contributed by atoms with Gasteiger partial charge in [-0.15, -0.1) is 10.2 Å². The number of methoxy groups -OCH3 is 1. The van der Waals surface area contributed by atoms with Crippen molar-refractivity contribution in [2.75, 3.05) is 13.7 Å². The number of carbonyl (C=O) groups is 1. The van der Waals surface area contributed by atoms with Gasteiger partial charge in [-0.1, -0.05) is 48.5 Å². The Morgan fingerprint density at radius 1 is 0.969 bits per heavy atom. The van der Waals surface area contributed by atoms with Crippen LogP contribution in [0.5, 0.6) is 0 Å². The minimum absolute atomic E-state index is 0.142. The van der Waals surface area contributed by atoms with E-state index in [9.17, 15) is 4.79 Å². The summed E-state index contributed by atoms with van der Waals surface area (Å²) in [6.45, 7) is 2.71. The summed E-state index contributed by atoms with van der Waals surface area (Å²) < 4.78 is 11.6. The minimum Gasteiger partial charge on any atom is -0.468 e. The Kier molecular flexibility index (Phi) is 6.78. The fourth-order valence-electron chi connectivity index (χ4n) is 3.47. The molecule has 162 valence electrons. The van der Waals surface area contributed by atoms with Crippen molar-refractivity contribution in [1.29, 1.82) is 0 Å². The van der Waals surface area contributed by atoms with E-state index in [1.807, 2.05) is 48.5 Å². The Hall–Kier alpha value is -3.29. The van der Waals surface area contributed by atoms with Gasteiger partial charge in [-0.25, -0.2) is 0 Å². The molecule has 7 heteroatoms. The summed E-state index contributed by atoms with van der Waals surface area (Å²) in [5, 5.41) is 11.7. The molecule has 0 aliphatic rings. The van der Waals surface area contributed by atoms with Gasteiger partial charge in [0.1, 0.15) is 0 Å². The van der Waals surface area contributed by atoms with E-state index >= 15 is 0 Å². The molecule has 0 saturated carbocycles. The standard InChI is InChI=1S/C25H22BrN3O3/c1-16-19(18-7-4-3-5-8-18)9-6-10-20(16)24-28-29-25(32-24)21-13-17(11-12-22(21)26)14-27-15-23(30)31-2/h3-13,27H,14-15H2,1-2H3. The SMILES string of the molecule is COC(=O)CNCc1ccc(Br)c(-c2nnc(-c3cccc(-c4ccccc4)c3C)o2)c1. The number of hydrogen-bond donors (Lipinski definition) is 1. The zero-order valence-corrected chi connectivity index (χ0v) is 19.3. The molecule has 0 amide bonds. The van der Waals surface area contributed by atoms with Crippen LogP contribution in [-0.2, 0) is 16.1 Å². The number of aromatic nitrogens is 2. The predicted molar refractivity (Wildman–Crippen MR) is 127 cm³/mol. The first kappa shape index (κ1) is 21.9. The third kappa shape index (κ3) is 4.79. The summed E-state index contributed by atoms with van der Waals surface area (Å²) in [6.07, 6.45) is 0. The number of benzene rings is 3. The van der Waals surface area contributed by atoms with Crippen molar-refractivity contribution < 1.29 is 13.9 Å². The molecular formula is C25H22BrN3O3. The highest BCUT2D eigenvalue weighted by molar-refractivity contribution is 9.10. The molecule has 0 atom stereocenters. The van der Waals surface area contributed by atoms with E-state index in [1.54, 1.807) is 0 Å². The second kappa shape index (κ2) is 9.89. The zero-order chi connectivity index (χ0) is 22.5. The molecule has 4 rings (SSSR count). The van der Waals surface area contributed by atoms with Crippen LogP contribution in [0.2, 0.25) is 0 Å². The molecule has 1 heterocycles. The fourth-order valence-corrected chi connectivity index (χ4v) is 3.88. The smallest absolute Gasteiger partial charge is 0.319 e. The summed E-state index contributed by atoms with van der Waals surface area (Å²) in [4.78, 5) is 11.3. The topological polar surface area (TPSA) is 77.2 Å². The van der Waals surface area contributed by atoms with Crippen LogP contribution in [0, 0.1) is 6.92 Å². The van der Waals surface area contributed by atoms with Crippen molar-refractivity contribution in [2.45, 2.75) is 13.5 Å². The highest BCUT2D eigenvalue weighted by atomic mass is 79.9. The first-order valence-corrected chi connectivity index (χ1v) is 10.9. The lowest BCUT2D eigenvalue weighted by atomic mass is 9.96.